The molecular formula is C60H117NO5. The van der Waals surface area contributed by atoms with E-state index < -0.39 is 12.1 Å². The van der Waals surface area contributed by atoms with Crippen molar-refractivity contribution in [3.63, 3.8) is 0 Å². The van der Waals surface area contributed by atoms with Gasteiger partial charge in [0.25, 0.3) is 0 Å². The standard InChI is InChI=1S/C60H117NO5/c1-3-5-7-9-11-13-15-17-19-20-21-22-23-24-25-26-27-28-32-36-40-44-48-52-58(63)57(56-62)61-59(64)53-49-45-41-37-33-30-31-35-39-43-47-51-55-66-60(65)54-50-46-42-38-34-29-18-16-14-12-10-8-6-4-2/h31,35,57-58,62-63H,3-30,32-34,36-56H2,1-2H3,(H,61,64)/b35-31-. The third kappa shape index (κ3) is 52.0. The average molecular weight is 933 g/mol. The number of esters is 1. The van der Waals surface area contributed by atoms with Crippen LogP contribution in [-0.4, -0.2) is 47.4 Å². The van der Waals surface area contributed by atoms with E-state index in [4.69, 9.17) is 4.74 Å². The summed E-state index contributed by atoms with van der Waals surface area (Å²) >= 11 is 0. The summed E-state index contributed by atoms with van der Waals surface area (Å²) in [5.74, 6) is -0.0760. The molecule has 0 heterocycles. The van der Waals surface area contributed by atoms with Crippen LogP contribution in [0.25, 0.3) is 0 Å². The molecular weight excluding hydrogens is 815 g/mol. The largest absolute Gasteiger partial charge is 0.466 e. The van der Waals surface area contributed by atoms with Gasteiger partial charge in [0.05, 0.1) is 25.4 Å². The summed E-state index contributed by atoms with van der Waals surface area (Å²) in [6, 6.07) is -0.560. The van der Waals surface area contributed by atoms with Gasteiger partial charge in [-0.3, -0.25) is 9.59 Å². The monoisotopic (exact) mass is 932 g/mol. The SMILES string of the molecule is CCCCCCCCCCCCCCCCCCCCCCCCCC(O)C(CO)NC(=O)CCCCCCC/C=C\CCCCCOC(=O)CCCCCCCCCCCCCCCC. The molecule has 6 nitrogen and oxygen atoms in total. The number of ether oxygens (including phenoxy) is 1. The number of allylic oxidation sites excluding steroid dienone is 2. The molecule has 0 saturated heterocycles. The minimum atomic E-state index is -0.681. The Morgan fingerprint density at radius 2 is 0.712 bits per heavy atom. The molecule has 0 aromatic rings. The van der Waals surface area contributed by atoms with Crippen molar-refractivity contribution in [2.75, 3.05) is 13.2 Å². The Morgan fingerprint density at radius 3 is 1.08 bits per heavy atom. The Balaban J connectivity index is 3.47. The van der Waals surface area contributed by atoms with Gasteiger partial charge in [-0.25, -0.2) is 0 Å². The summed E-state index contributed by atoms with van der Waals surface area (Å²) in [6.07, 6.45) is 66.4. The van der Waals surface area contributed by atoms with Crippen LogP contribution < -0.4 is 5.32 Å². The molecule has 0 aromatic carbocycles. The van der Waals surface area contributed by atoms with Crippen molar-refractivity contribution < 1.29 is 24.5 Å². The fourth-order valence-corrected chi connectivity index (χ4v) is 9.46. The van der Waals surface area contributed by atoms with Crippen molar-refractivity contribution in [1.82, 2.24) is 5.32 Å². The van der Waals surface area contributed by atoms with Crippen LogP contribution in [0, 0.1) is 0 Å². The lowest BCUT2D eigenvalue weighted by molar-refractivity contribution is -0.143. The molecule has 0 saturated carbocycles. The summed E-state index contributed by atoms with van der Waals surface area (Å²) in [6.45, 7) is 4.92. The molecule has 66 heavy (non-hydrogen) atoms. The van der Waals surface area contributed by atoms with Crippen molar-refractivity contribution in [1.29, 1.82) is 0 Å². The quantitative estimate of drug-likeness (QED) is 0.0321. The van der Waals surface area contributed by atoms with Crippen molar-refractivity contribution in [2.45, 2.75) is 347 Å². The van der Waals surface area contributed by atoms with Gasteiger partial charge >= 0.3 is 5.97 Å². The zero-order valence-corrected chi connectivity index (χ0v) is 44.7. The van der Waals surface area contributed by atoms with E-state index in [9.17, 15) is 19.8 Å². The molecule has 0 rings (SSSR count). The lowest BCUT2D eigenvalue weighted by Crippen LogP contribution is -2.45. The number of aliphatic hydroxyl groups excluding tert-OH is 2. The second-order valence-corrected chi connectivity index (χ2v) is 20.7. The Bertz CT molecular complexity index is 986. The predicted molar refractivity (Wildman–Crippen MR) is 287 cm³/mol. The first-order valence-electron chi connectivity index (χ1n) is 29.9. The Kier molecular flexibility index (Phi) is 55.0. The van der Waals surface area contributed by atoms with Crippen LogP contribution in [0.4, 0.5) is 0 Å². The molecule has 0 spiro atoms. The van der Waals surface area contributed by atoms with Crippen molar-refractivity contribution in [2.24, 2.45) is 0 Å². The number of amides is 1. The van der Waals surface area contributed by atoms with Gasteiger partial charge in [0, 0.05) is 12.8 Å². The van der Waals surface area contributed by atoms with Gasteiger partial charge in [-0.15, -0.1) is 0 Å². The fourth-order valence-electron chi connectivity index (χ4n) is 9.46. The maximum absolute atomic E-state index is 12.5. The predicted octanol–water partition coefficient (Wildman–Crippen LogP) is 18.5. The number of hydrogen-bond donors (Lipinski definition) is 3. The Labute approximate surface area is 412 Å². The molecule has 0 fully saturated rings. The number of rotatable bonds is 56. The molecule has 0 bridgehead atoms. The number of unbranched alkanes of at least 4 members (excludes halogenated alkanes) is 43. The highest BCUT2D eigenvalue weighted by atomic mass is 16.5. The molecule has 1 amide bonds. The minimum absolute atomic E-state index is 0.0193. The second-order valence-electron chi connectivity index (χ2n) is 20.7. The number of nitrogens with one attached hydrogen (secondary N) is 1. The van der Waals surface area contributed by atoms with Crippen LogP contribution in [0.5, 0.6) is 0 Å². The Morgan fingerprint density at radius 1 is 0.409 bits per heavy atom. The number of carbonyl (C=O) groups excluding carboxylic acids is 2. The second kappa shape index (κ2) is 56.2. The van der Waals surface area contributed by atoms with Crippen LogP contribution in [0.3, 0.4) is 0 Å². The van der Waals surface area contributed by atoms with Crippen LogP contribution >= 0.6 is 0 Å². The topological polar surface area (TPSA) is 95.9 Å². The molecule has 0 radical (unpaired) electrons. The van der Waals surface area contributed by atoms with Gasteiger partial charge < -0.3 is 20.3 Å². The number of aliphatic hydroxyl groups is 2. The summed E-state index contributed by atoms with van der Waals surface area (Å²) in [4.78, 5) is 24.5. The molecule has 6 heteroatoms. The van der Waals surface area contributed by atoms with Gasteiger partial charge in [0.1, 0.15) is 0 Å². The lowest BCUT2D eigenvalue weighted by Gasteiger charge is -2.22. The first-order valence-corrected chi connectivity index (χ1v) is 29.9. The first-order chi connectivity index (χ1) is 32.5. The Hall–Kier alpha value is -1.40. The van der Waals surface area contributed by atoms with E-state index in [1.165, 1.54) is 225 Å². The van der Waals surface area contributed by atoms with Gasteiger partial charge in [0.15, 0.2) is 0 Å². The molecule has 392 valence electrons. The normalized spacial score (nSPS) is 12.6. The van der Waals surface area contributed by atoms with Crippen LogP contribution in [0.2, 0.25) is 0 Å². The van der Waals surface area contributed by atoms with Crippen LogP contribution in [-0.2, 0) is 14.3 Å². The molecule has 2 unspecified atom stereocenters. The third-order valence-electron chi connectivity index (χ3n) is 14.1. The van der Waals surface area contributed by atoms with E-state index in [1.807, 2.05) is 0 Å². The number of carbonyl (C=O) groups is 2. The summed E-state index contributed by atoms with van der Waals surface area (Å²) < 4.78 is 5.45. The van der Waals surface area contributed by atoms with Crippen molar-refractivity contribution >= 4 is 11.9 Å². The van der Waals surface area contributed by atoms with E-state index in [0.717, 1.165) is 77.0 Å². The van der Waals surface area contributed by atoms with Crippen LogP contribution in [0.1, 0.15) is 335 Å². The minimum Gasteiger partial charge on any atom is -0.466 e. The highest BCUT2D eigenvalue weighted by Gasteiger charge is 2.20. The molecule has 0 aliphatic carbocycles. The molecule has 0 aliphatic heterocycles. The highest BCUT2D eigenvalue weighted by Crippen LogP contribution is 2.18. The van der Waals surface area contributed by atoms with Gasteiger partial charge in [-0.1, -0.05) is 276 Å². The van der Waals surface area contributed by atoms with E-state index >= 15 is 0 Å². The number of hydrogen-bond acceptors (Lipinski definition) is 5. The molecule has 0 aliphatic rings. The van der Waals surface area contributed by atoms with Crippen molar-refractivity contribution in [3.8, 4) is 0 Å². The zero-order valence-electron chi connectivity index (χ0n) is 44.7. The van der Waals surface area contributed by atoms with Gasteiger partial charge in [0.2, 0.25) is 5.91 Å². The fraction of sp³-hybridized carbons (Fsp3) is 0.933. The average Bonchev–Trinajstić information content (AvgIpc) is 3.32. The summed E-state index contributed by atoms with van der Waals surface area (Å²) in [5.41, 5.74) is 0. The zero-order chi connectivity index (χ0) is 47.9. The maximum Gasteiger partial charge on any atom is 0.305 e. The van der Waals surface area contributed by atoms with E-state index in [1.54, 1.807) is 0 Å². The van der Waals surface area contributed by atoms with E-state index in [0.29, 0.717) is 25.9 Å². The molecule has 0 aromatic heterocycles. The molecule has 2 atom stereocenters. The maximum atomic E-state index is 12.5. The van der Waals surface area contributed by atoms with Gasteiger partial charge in [-0.05, 0) is 57.8 Å². The van der Waals surface area contributed by atoms with E-state index in [-0.39, 0.29) is 18.5 Å². The lowest BCUT2D eigenvalue weighted by atomic mass is 10.0. The summed E-state index contributed by atoms with van der Waals surface area (Å²) in [5, 5.41) is 23.3. The highest BCUT2D eigenvalue weighted by molar-refractivity contribution is 5.76. The van der Waals surface area contributed by atoms with Crippen LogP contribution in [0.15, 0.2) is 12.2 Å². The molecule has 3 N–H and O–H groups in total. The third-order valence-corrected chi connectivity index (χ3v) is 14.1. The smallest absolute Gasteiger partial charge is 0.305 e. The van der Waals surface area contributed by atoms with Gasteiger partial charge in [-0.2, -0.15) is 0 Å². The summed E-state index contributed by atoms with van der Waals surface area (Å²) in [7, 11) is 0. The first kappa shape index (κ1) is 64.6. The van der Waals surface area contributed by atoms with E-state index in [2.05, 4.69) is 31.3 Å². The van der Waals surface area contributed by atoms with Crippen molar-refractivity contribution in [3.05, 3.63) is 12.2 Å².